The number of benzene rings is 1. The summed E-state index contributed by atoms with van der Waals surface area (Å²) in [6, 6.07) is 8.71. The van der Waals surface area contributed by atoms with Gasteiger partial charge >= 0.3 is 0 Å². The molecule has 8 heteroatoms. The van der Waals surface area contributed by atoms with Gasteiger partial charge in [0, 0.05) is 30.6 Å². The number of nitrogens with one attached hydrogen (secondary N) is 1. The maximum absolute atomic E-state index is 12.9. The Morgan fingerprint density at radius 2 is 1.83 bits per heavy atom. The van der Waals surface area contributed by atoms with Crippen molar-refractivity contribution in [1.82, 2.24) is 9.62 Å². The molecule has 0 amide bonds. The molecule has 0 unspecified atom stereocenters. The van der Waals surface area contributed by atoms with Gasteiger partial charge < -0.3 is 0 Å². The summed E-state index contributed by atoms with van der Waals surface area (Å²) in [5, 5.41) is 0. The van der Waals surface area contributed by atoms with Crippen molar-refractivity contribution in [2.75, 3.05) is 13.1 Å². The van der Waals surface area contributed by atoms with Gasteiger partial charge in [-0.15, -0.1) is 11.3 Å². The third kappa shape index (κ3) is 4.55. The van der Waals surface area contributed by atoms with Gasteiger partial charge in [-0.3, -0.25) is 4.90 Å². The fraction of sp³-hybridized carbons (Fsp3) is 0.375. The van der Waals surface area contributed by atoms with Crippen molar-refractivity contribution in [3.05, 3.63) is 51.4 Å². The number of piperidine rings is 1. The molecule has 1 N–H and O–H groups in total. The molecule has 0 spiro atoms. The first-order chi connectivity index (χ1) is 11.4. The first-order valence-corrected chi connectivity index (χ1v) is 10.3. The standard InChI is InChI=1S/C16H18ClFN2O2S2/c17-16-6-3-14(23-16)11-20-9-7-13(8-10-20)19-24(21,22)15-4-1-12(18)2-5-15/h1-6,13,19H,7-11H2. The predicted octanol–water partition coefficient (Wildman–Crippen LogP) is 3.48. The van der Waals surface area contributed by atoms with Crippen LogP contribution in [-0.2, 0) is 16.6 Å². The zero-order chi connectivity index (χ0) is 17.2. The van der Waals surface area contributed by atoms with Gasteiger partial charge in [-0.1, -0.05) is 11.6 Å². The highest BCUT2D eigenvalue weighted by atomic mass is 35.5. The van der Waals surface area contributed by atoms with Crippen LogP contribution in [0.5, 0.6) is 0 Å². The average molecular weight is 389 g/mol. The second-order valence-electron chi connectivity index (χ2n) is 5.83. The monoisotopic (exact) mass is 388 g/mol. The molecule has 0 bridgehead atoms. The van der Waals surface area contributed by atoms with E-state index >= 15 is 0 Å². The molecule has 1 aliphatic heterocycles. The van der Waals surface area contributed by atoms with E-state index in [0.717, 1.165) is 48.9 Å². The summed E-state index contributed by atoms with van der Waals surface area (Å²) in [7, 11) is -3.60. The number of likely N-dealkylation sites (tertiary alicyclic amines) is 1. The Morgan fingerprint density at radius 3 is 2.42 bits per heavy atom. The van der Waals surface area contributed by atoms with Crippen LogP contribution in [0.3, 0.4) is 0 Å². The molecule has 0 atom stereocenters. The Morgan fingerprint density at radius 1 is 1.17 bits per heavy atom. The molecule has 3 rings (SSSR count). The fourth-order valence-corrected chi connectivity index (χ4v) is 5.20. The molecule has 1 aromatic heterocycles. The molecule has 0 aliphatic carbocycles. The van der Waals surface area contributed by atoms with E-state index in [2.05, 4.69) is 9.62 Å². The summed E-state index contributed by atoms with van der Waals surface area (Å²) in [6.45, 7) is 2.49. The lowest BCUT2D eigenvalue weighted by Crippen LogP contribution is -2.44. The van der Waals surface area contributed by atoms with Crippen LogP contribution < -0.4 is 4.72 Å². The first kappa shape index (κ1) is 17.8. The highest BCUT2D eigenvalue weighted by molar-refractivity contribution is 7.89. The van der Waals surface area contributed by atoms with E-state index in [4.69, 9.17) is 11.6 Å². The van der Waals surface area contributed by atoms with Gasteiger partial charge in [0.1, 0.15) is 5.82 Å². The number of hydrogen-bond acceptors (Lipinski definition) is 4. The summed E-state index contributed by atoms with van der Waals surface area (Å²) in [5.74, 6) is -0.448. The van der Waals surface area contributed by atoms with Crippen LogP contribution in [0.1, 0.15) is 17.7 Å². The summed E-state index contributed by atoms with van der Waals surface area (Å²) < 4.78 is 41.1. The zero-order valence-corrected chi connectivity index (χ0v) is 15.3. The zero-order valence-electron chi connectivity index (χ0n) is 12.9. The molecule has 4 nitrogen and oxygen atoms in total. The number of thiophene rings is 1. The molecule has 1 saturated heterocycles. The second-order valence-corrected chi connectivity index (χ2v) is 9.35. The minimum absolute atomic E-state index is 0.0942. The van der Waals surface area contributed by atoms with Gasteiger partial charge in [0.25, 0.3) is 0 Å². The Kier molecular flexibility index (Phi) is 5.56. The minimum Gasteiger partial charge on any atom is -0.298 e. The third-order valence-electron chi connectivity index (χ3n) is 4.04. The largest absolute Gasteiger partial charge is 0.298 e. The van der Waals surface area contributed by atoms with E-state index in [0.29, 0.717) is 0 Å². The van der Waals surface area contributed by atoms with Gasteiger partial charge in [-0.2, -0.15) is 0 Å². The second kappa shape index (κ2) is 7.49. The van der Waals surface area contributed by atoms with E-state index in [-0.39, 0.29) is 10.9 Å². The summed E-state index contributed by atoms with van der Waals surface area (Å²) in [6.07, 6.45) is 1.50. The topological polar surface area (TPSA) is 49.4 Å². The molecule has 0 radical (unpaired) electrons. The van der Waals surface area contributed by atoms with Gasteiger partial charge in [-0.25, -0.2) is 17.5 Å². The smallest absolute Gasteiger partial charge is 0.240 e. The Labute approximate surface area is 150 Å². The van der Waals surface area contributed by atoms with Crippen LogP contribution in [0.2, 0.25) is 4.34 Å². The van der Waals surface area contributed by atoms with Gasteiger partial charge in [0.2, 0.25) is 10.0 Å². The van der Waals surface area contributed by atoms with E-state index in [1.54, 1.807) is 11.3 Å². The molecule has 2 aromatic rings. The van der Waals surface area contributed by atoms with Crippen molar-refractivity contribution in [3.8, 4) is 0 Å². The Bertz CT molecular complexity index is 785. The predicted molar refractivity (Wildman–Crippen MR) is 94.3 cm³/mol. The van der Waals surface area contributed by atoms with E-state index in [1.807, 2.05) is 12.1 Å². The molecular formula is C16H18ClFN2O2S2. The molecule has 1 aromatic carbocycles. The normalized spacial score (nSPS) is 17.2. The average Bonchev–Trinajstić information content (AvgIpc) is 2.94. The number of nitrogens with zero attached hydrogens (tertiary/aromatic N) is 1. The molecular weight excluding hydrogens is 371 g/mol. The van der Waals surface area contributed by atoms with Crippen LogP contribution >= 0.6 is 22.9 Å². The minimum atomic E-state index is -3.60. The SMILES string of the molecule is O=S(=O)(NC1CCN(Cc2ccc(Cl)s2)CC1)c1ccc(F)cc1. The van der Waals surface area contributed by atoms with Crippen molar-refractivity contribution in [2.24, 2.45) is 0 Å². The first-order valence-electron chi connectivity index (χ1n) is 7.67. The Balaban J connectivity index is 1.54. The van der Waals surface area contributed by atoms with Crippen molar-refractivity contribution < 1.29 is 12.8 Å². The van der Waals surface area contributed by atoms with Crippen LogP contribution in [0.4, 0.5) is 4.39 Å². The van der Waals surface area contributed by atoms with Gasteiger partial charge in [0.05, 0.1) is 9.23 Å². The molecule has 130 valence electrons. The van der Waals surface area contributed by atoms with Gasteiger partial charge in [-0.05, 0) is 49.2 Å². The van der Waals surface area contributed by atoms with E-state index < -0.39 is 15.8 Å². The van der Waals surface area contributed by atoms with Crippen LogP contribution in [0.25, 0.3) is 0 Å². The highest BCUT2D eigenvalue weighted by Gasteiger charge is 2.24. The summed E-state index contributed by atoms with van der Waals surface area (Å²) >= 11 is 7.51. The Hall–Kier alpha value is -0.990. The number of sulfonamides is 1. The van der Waals surface area contributed by atoms with Crippen molar-refractivity contribution in [2.45, 2.75) is 30.3 Å². The summed E-state index contributed by atoms with van der Waals surface area (Å²) in [4.78, 5) is 3.61. The lowest BCUT2D eigenvalue weighted by molar-refractivity contribution is 0.201. The maximum Gasteiger partial charge on any atom is 0.240 e. The number of halogens is 2. The molecule has 24 heavy (non-hydrogen) atoms. The lowest BCUT2D eigenvalue weighted by Gasteiger charge is -2.31. The maximum atomic E-state index is 12.9. The third-order valence-corrected chi connectivity index (χ3v) is 6.79. The molecule has 1 aliphatic rings. The fourth-order valence-electron chi connectivity index (χ4n) is 2.77. The lowest BCUT2D eigenvalue weighted by atomic mass is 10.1. The van der Waals surface area contributed by atoms with E-state index in [9.17, 15) is 12.8 Å². The van der Waals surface area contributed by atoms with Gasteiger partial charge in [0.15, 0.2) is 0 Å². The highest BCUT2D eigenvalue weighted by Crippen LogP contribution is 2.24. The quantitative estimate of drug-likeness (QED) is 0.853. The van der Waals surface area contributed by atoms with Crippen molar-refractivity contribution in [1.29, 1.82) is 0 Å². The van der Waals surface area contributed by atoms with Crippen LogP contribution in [0, 0.1) is 5.82 Å². The molecule has 0 saturated carbocycles. The summed E-state index contributed by atoms with van der Waals surface area (Å²) in [5.41, 5.74) is 0. The van der Waals surface area contributed by atoms with Crippen molar-refractivity contribution >= 4 is 33.0 Å². The number of rotatable bonds is 5. The van der Waals surface area contributed by atoms with Crippen LogP contribution in [-0.4, -0.2) is 32.4 Å². The van der Waals surface area contributed by atoms with Crippen molar-refractivity contribution in [3.63, 3.8) is 0 Å². The van der Waals surface area contributed by atoms with E-state index in [1.165, 1.54) is 17.0 Å². The van der Waals surface area contributed by atoms with Crippen LogP contribution in [0.15, 0.2) is 41.3 Å². The molecule has 1 fully saturated rings. The number of hydrogen-bond donors (Lipinski definition) is 1. The molecule has 2 heterocycles.